The molecule has 0 fully saturated rings. The molecule has 0 bridgehead atoms. The summed E-state index contributed by atoms with van der Waals surface area (Å²) >= 11 is 5.48. The predicted molar refractivity (Wildman–Crippen MR) is 61.6 cm³/mol. The summed E-state index contributed by atoms with van der Waals surface area (Å²) in [7, 11) is 0. The van der Waals surface area contributed by atoms with Crippen molar-refractivity contribution in [1.82, 2.24) is 0 Å². The number of rotatable bonds is 6. The van der Waals surface area contributed by atoms with Crippen molar-refractivity contribution in [3.63, 3.8) is 0 Å². The van der Waals surface area contributed by atoms with E-state index in [0.717, 1.165) is 6.07 Å². The van der Waals surface area contributed by atoms with E-state index < -0.39 is 18.6 Å². The van der Waals surface area contributed by atoms with Gasteiger partial charge in [-0.3, -0.25) is 4.79 Å². The minimum atomic E-state index is -4.40. The molecule has 1 rings (SSSR count). The normalized spacial score (nSPS) is 11.6. The number of hydrogen-bond acceptors (Lipinski definition) is 2. The lowest BCUT2D eigenvalue weighted by Crippen LogP contribution is -2.18. The highest BCUT2D eigenvalue weighted by Gasteiger charge is 2.27. The number of carbonyl (C=O) groups is 1. The second-order valence-electron chi connectivity index (χ2n) is 3.88. The fourth-order valence-electron chi connectivity index (χ4n) is 1.34. The van der Waals surface area contributed by atoms with Gasteiger partial charge in [-0.05, 0) is 17.7 Å². The molecule has 0 saturated carbocycles. The van der Waals surface area contributed by atoms with Gasteiger partial charge in [0, 0.05) is 12.8 Å². The van der Waals surface area contributed by atoms with E-state index in [1.165, 1.54) is 12.1 Å². The van der Waals surface area contributed by atoms with Crippen molar-refractivity contribution in [2.45, 2.75) is 19.0 Å². The van der Waals surface area contributed by atoms with Crippen LogP contribution in [0.5, 0.6) is 0 Å². The minimum absolute atomic E-state index is 0.0512. The van der Waals surface area contributed by atoms with Crippen LogP contribution in [0, 0.1) is 5.82 Å². The van der Waals surface area contributed by atoms with Gasteiger partial charge < -0.3 is 4.74 Å². The van der Waals surface area contributed by atoms with Crippen LogP contribution >= 0.6 is 11.6 Å². The SMILES string of the molecule is O=C(CCOCC(F)(F)F)Cc1ccc(Cl)c(F)c1. The van der Waals surface area contributed by atoms with Crippen LogP contribution in [0.1, 0.15) is 12.0 Å². The maximum absolute atomic E-state index is 13.1. The first-order valence-corrected chi connectivity index (χ1v) is 5.76. The summed E-state index contributed by atoms with van der Waals surface area (Å²) in [4.78, 5) is 11.4. The molecule has 0 aliphatic heterocycles. The number of benzene rings is 1. The van der Waals surface area contributed by atoms with E-state index in [0.29, 0.717) is 5.56 Å². The van der Waals surface area contributed by atoms with Crippen LogP contribution in [0.25, 0.3) is 0 Å². The third-order valence-corrected chi connectivity index (χ3v) is 2.48. The fraction of sp³-hybridized carbons (Fsp3) is 0.417. The van der Waals surface area contributed by atoms with Gasteiger partial charge in [0.25, 0.3) is 0 Å². The van der Waals surface area contributed by atoms with Gasteiger partial charge in [0.15, 0.2) is 0 Å². The molecule has 0 atom stereocenters. The minimum Gasteiger partial charge on any atom is -0.372 e. The van der Waals surface area contributed by atoms with Gasteiger partial charge >= 0.3 is 6.18 Å². The lowest BCUT2D eigenvalue weighted by atomic mass is 10.1. The van der Waals surface area contributed by atoms with Crippen molar-refractivity contribution in [2.75, 3.05) is 13.2 Å². The van der Waals surface area contributed by atoms with Gasteiger partial charge in [-0.15, -0.1) is 0 Å². The van der Waals surface area contributed by atoms with E-state index in [1.807, 2.05) is 0 Å². The molecular formula is C12H11ClF4O2. The van der Waals surface area contributed by atoms with E-state index in [4.69, 9.17) is 11.6 Å². The zero-order valence-electron chi connectivity index (χ0n) is 9.77. The highest BCUT2D eigenvalue weighted by Crippen LogP contribution is 2.17. The van der Waals surface area contributed by atoms with Crippen molar-refractivity contribution in [1.29, 1.82) is 0 Å². The summed E-state index contributed by atoms with van der Waals surface area (Å²) in [6.45, 7) is -1.69. The first-order chi connectivity index (χ1) is 8.78. The van der Waals surface area contributed by atoms with Gasteiger partial charge in [0.05, 0.1) is 11.6 Å². The second kappa shape index (κ2) is 6.86. The van der Waals surface area contributed by atoms with Crippen molar-refractivity contribution in [3.8, 4) is 0 Å². The number of hydrogen-bond donors (Lipinski definition) is 0. The maximum atomic E-state index is 13.1. The van der Waals surface area contributed by atoms with Crippen molar-refractivity contribution in [2.24, 2.45) is 0 Å². The number of ether oxygens (including phenoxy) is 1. The molecule has 0 N–H and O–H groups in total. The van der Waals surface area contributed by atoms with Crippen LogP contribution in [-0.4, -0.2) is 25.2 Å². The maximum Gasteiger partial charge on any atom is 0.411 e. The topological polar surface area (TPSA) is 26.3 Å². The summed E-state index contributed by atoms with van der Waals surface area (Å²) in [5, 5.41) is -0.0512. The van der Waals surface area contributed by atoms with Crippen LogP contribution in [0.2, 0.25) is 5.02 Å². The van der Waals surface area contributed by atoms with Crippen LogP contribution in [-0.2, 0) is 16.0 Å². The molecule has 0 heterocycles. The number of Topliss-reactive ketones (excluding diaryl/α,β-unsaturated/α-hetero) is 1. The van der Waals surface area contributed by atoms with Gasteiger partial charge in [0.2, 0.25) is 0 Å². The first kappa shape index (κ1) is 15.9. The summed E-state index contributed by atoms with van der Waals surface area (Å²) < 4.78 is 52.6. The molecule has 7 heteroatoms. The molecule has 19 heavy (non-hydrogen) atoms. The van der Waals surface area contributed by atoms with E-state index in [9.17, 15) is 22.4 Å². The average Bonchev–Trinajstić information content (AvgIpc) is 2.28. The fourth-order valence-corrected chi connectivity index (χ4v) is 1.46. The molecule has 0 aliphatic rings. The molecule has 0 aliphatic carbocycles. The van der Waals surface area contributed by atoms with Crippen molar-refractivity contribution >= 4 is 17.4 Å². The first-order valence-electron chi connectivity index (χ1n) is 5.38. The number of ketones is 1. The summed E-state index contributed by atoms with van der Waals surface area (Å²) in [5.41, 5.74) is 0.419. The highest BCUT2D eigenvalue weighted by atomic mass is 35.5. The molecule has 1 aromatic carbocycles. The number of alkyl halides is 3. The molecule has 106 valence electrons. The highest BCUT2D eigenvalue weighted by molar-refractivity contribution is 6.30. The van der Waals surface area contributed by atoms with Crippen LogP contribution in [0.3, 0.4) is 0 Å². The van der Waals surface area contributed by atoms with Crippen LogP contribution in [0.4, 0.5) is 17.6 Å². The van der Waals surface area contributed by atoms with E-state index in [-0.39, 0.29) is 30.3 Å². The smallest absolute Gasteiger partial charge is 0.372 e. The molecule has 0 amide bonds. The van der Waals surface area contributed by atoms with E-state index in [1.54, 1.807) is 0 Å². The Morgan fingerprint density at radius 3 is 2.58 bits per heavy atom. The van der Waals surface area contributed by atoms with Gasteiger partial charge in [-0.1, -0.05) is 17.7 Å². The molecule has 2 nitrogen and oxygen atoms in total. The van der Waals surface area contributed by atoms with Crippen molar-refractivity contribution in [3.05, 3.63) is 34.6 Å². The van der Waals surface area contributed by atoms with Gasteiger partial charge in [-0.2, -0.15) is 13.2 Å². The largest absolute Gasteiger partial charge is 0.411 e. The Morgan fingerprint density at radius 1 is 1.32 bits per heavy atom. The zero-order valence-corrected chi connectivity index (χ0v) is 10.5. The van der Waals surface area contributed by atoms with Gasteiger partial charge in [-0.25, -0.2) is 4.39 Å². The lowest BCUT2D eigenvalue weighted by Gasteiger charge is -2.07. The third-order valence-electron chi connectivity index (χ3n) is 2.18. The molecule has 0 saturated heterocycles. The predicted octanol–water partition coefficient (Wildman–Crippen LogP) is 3.56. The molecule has 0 spiro atoms. The molecule has 0 aromatic heterocycles. The summed E-state index contributed by atoms with van der Waals surface area (Å²) in [5.74, 6) is -0.968. The van der Waals surface area contributed by atoms with Crippen LogP contribution < -0.4 is 0 Å². The summed E-state index contributed by atoms with van der Waals surface area (Å²) in [6.07, 6.45) is -4.62. The van der Waals surface area contributed by atoms with Crippen LogP contribution in [0.15, 0.2) is 18.2 Å². The monoisotopic (exact) mass is 298 g/mol. The Bertz CT molecular complexity index is 446. The molecule has 0 unspecified atom stereocenters. The molecule has 0 radical (unpaired) electrons. The Kier molecular flexibility index (Phi) is 5.75. The van der Waals surface area contributed by atoms with E-state index >= 15 is 0 Å². The Morgan fingerprint density at radius 2 is 2.00 bits per heavy atom. The number of carbonyl (C=O) groups excluding carboxylic acids is 1. The average molecular weight is 299 g/mol. The third kappa shape index (κ3) is 6.54. The van der Waals surface area contributed by atoms with Gasteiger partial charge in [0.1, 0.15) is 18.2 Å². The quantitative estimate of drug-likeness (QED) is 0.593. The zero-order chi connectivity index (χ0) is 14.5. The Balaban J connectivity index is 2.33. The summed E-state index contributed by atoms with van der Waals surface area (Å²) in [6, 6.07) is 3.93. The standard InChI is InChI=1S/C12H11ClF4O2/c13-10-2-1-8(6-11(10)14)5-9(18)3-4-19-7-12(15,16)17/h1-2,6H,3-5,7H2. The molecule has 1 aromatic rings. The van der Waals surface area contributed by atoms with Crippen molar-refractivity contribution < 1.29 is 27.1 Å². The number of halogens is 5. The van der Waals surface area contributed by atoms with E-state index in [2.05, 4.69) is 4.74 Å². The lowest BCUT2D eigenvalue weighted by molar-refractivity contribution is -0.174. The molecular weight excluding hydrogens is 288 g/mol. The Labute approximate surface area is 112 Å². The Hall–Kier alpha value is -1.14. The second-order valence-corrected chi connectivity index (χ2v) is 4.29.